The first-order valence-electron chi connectivity index (χ1n) is 2.94. The average Bonchev–Trinajstić information content (AvgIpc) is 1.88. The number of carbonyl (C=O) groups is 1. The highest BCUT2D eigenvalue weighted by Gasteiger charge is 2.05. The van der Waals surface area contributed by atoms with E-state index in [2.05, 4.69) is 15.6 Å². The summed E-state index contributed by atoms with van der Waals surface area (Å²) in [7, 11) is 0. The van der Waals surface area contributed by atoms with Crippen LogP contribution < -0.4 is 10.6 Å². The molecule has 10 heavy (non-hydrogen) atoms. The molecule has 0 bridgehead atoms. The quantitative estimate of drug-likeness (QED) is 0.527. The molecule has 4 heteroatoms. The lowest BCUT2D eigenvalue weighted by Crippen LogP contribution is -2.37. The van der Waals surface area contributed by atoms with Crippen LogP contribution in [0.4, 0.5) is 0 Å². The minimum absolute atomic E-state index is 0.124. The zero-order valence-corrected chi connectivity index (χ0v) is 5.61. The molecule has 0 aromatic rings. The van der Waals surface area contributed by atoms with Crippen LogP contribution in [0.3, 0.4) is 0 Å². The van der Waals surface area contributed by atoms with Gasteiger partial charge in [0.15, 0.2) is 0 Å². The van der Waals surface area contributed by atoms with Gasteiger partial charge >= 0.3 is 0 Å². The van der Waals surface area contributed by atoms with Crippen LogP contribution in [0.2, 0.25) is 0 Å². The molecule has 1 rings (SSSR count). The van der Waals surface area contributed by atoms with Crippen molar-refractivity contribution in [1.82, 2.24) is 10.6 Å². The van der Waals surface area contributed by atoms with Gasteiger partial charge in [0.05, 0.1) is 0 Å². The van der Waals surface area contributed by atoms with E-state index in [9.17, 15) is 4.79 Å². The summed E-state index contributed by atoms with van der Waals surface area (Å²) in [6.45, 7) is 1.43. The van der Waals surface area contributed by atoms with E-state index in [4.69, 9.17) is 0 Å². The Morgan fingerprint density at radius 1 is 1.70 bits per heavy atom. The second-order valence-corrected chi connectivity index (χ2v) is 1.86. The van der Waals surface area contributed by atoms with Crippen molar-refractivity contribution in [2.75, 3.05) is 0 Å². The first-order chi connectivity index (χ1) is 4.79. The normalized spacial score (nSPS) is 21.9. The second-order valence-electron chi connectivity index (χ2n) is 1.86. The van der Waals surface area contributed by atoms with Gasteiger partial charge in [-0.05, 0) is 6.08 Å². The van der Waals surface area contributed by atoms with E-state index in [-0.39, 0.29) is 5.91 Å². The van der Waals surface area contributed by atoms with Gasteiger partial charge in [0.2, 0.25) is 12.2 Å². The molecule has 1 aliphatic heterocycles. The maximum atomic E-state index is 10.4. The highest BCUT2D eigenvalue weighted by molar-refractivity contribution is 5.75. The standard InChI is InChI=1S/C6H8N3O/c1-5(10)9-6-7-3-2-4-8-6/h2-4,6H,1H3,(H,9,10). The monoisotopic (exact) mass is 138 g/mol. The van der Waals surface area contributed by atoms with E-state index in [0.29, 0.717) is 0 Å². The maximum Gasteiger partial charge on any atom is 0.219 e. The molecule has 1 aliphatic rings. The largest absolute Gasteiger partial charge is 0.316 e. The summed E-state index contributed by atoms with van der Waals surface area (Å²) in [4.78, 5) is 14.3. The van der Waals surface area contributed by atoms with Crippen LogP contribution in [0.15, 0.2) is 17.3 Å². The smallest absolute Gasteiger partial charge is 0.219 e. The van der Waals surface area contributed by atoms with Crippen molar-refractivity contribution in [3.05, 3.63) is 12.3 Å². The third-order valence-electron chi connectivity index (χ3n) is 0.959. The van der Waals surface area contributed by atoms with Gasteiger partial charge < -0.3 is 5.32 Å². The molecular formula is C6H8N3O. The fraction of sp³-hybridized carbons (Fsp3) is 0.333. The third-order valence-corrected chi connectivity index (χ3v) is 0.959. The molecule has 0 aromatic heterocycles. The fourth-order valence-electron chi connectivity index (χ4n) is 0.596. The summed E-state index contributed by atoms with van der Waals surface area (Å²) in [6.07, 6.45) is 4.50. The minimum Gasteiger partial charge on any atom is -0.316 e. The molecule has 1 radical (unpaired) electrons. The summed E-state index contributed by atoms with van der Waals surface area (Å²) < 4.78 is 0. The minimum atomic E-state index is -0.414. The van der Waals surface area contributed by atoms with Crippen molar-refractivity contribution in [3.8, 4) is 0 Å². The molecule has 0 aliphatic carbocycles. The van der Waals surface area contributed by atoms with Gasteiger partial charge in [-0.15, -0.1) is 0 Å². The first-order valence-corrected chi connectivity index (χ1v) is 2.94. The molecular weight excluding hydrogens is 130 g/mol. The molecule has 4 nitrogen and oxygen atoms in total. The van der Waals surface area contributed by atoms with Crippen molar-refractivity contribution in [2.24, 2.45) is 4.99 Å². The second kappa shape index (κ2) is 3.00. The van der Waals surface area contributed by atoms with Crippen molar-refractivity contribution in [1.29, 1.82) is 0 Å². The molecule has 0 spiro atoms. The lowest BCUT2D eigenvalue weighted by Gasteiger charge is -2.11. The van der Waals surface area contributed by atoms with Gasteiger partial charge in [-0.1, -0.05) is 0 Å². The number of hydrogen-bond acceptors (Lipinski definition) is 2. The number of allylic oxidation sites excluding steroid dienone is 1. The van der Waals surface area contributed by atoms with E-state index in [1.165, 1.54) is 6.92 Å². The van der Waals surface area contributed by atoms with E-state index >= 15 is 0 Å². The maximum absolute atomic E-state index is 10.4. The van der Waals surface area contributed by atoms with Gasteiger partial charge in [-0.25, -0.2) is 10.3 Å². The Bertz CT molecular complexity index is 185. The fourth-order valence-corrected chi connectivity index (χ4v) is 0.596. The van der Waals surface area contributed by atoms with E-state index in [1.54, 1.807) is 18.5 Å². The van der Waals surface area contributed by atoms with E-state index in [0.717, 1.165) is 0 Å². The number of nitrogens with one attached hydrogen (secondary N) is 1. The van der Waals surface area contributed by atoms with E-state index < -0.39 is 6.29 Å². The van der Waals surface area contributed by atoms with Crippen LogP contribution in [0.1, 0.15) is 6.92 Å². The number of hydrogen-bond donors (Lipinski definition) is 1. The zero-order valence-electron chi connectivity index (χ0n) is 5.61. The predicted octanol–water partition coefficient (Wildman–Crippen LogP) is -0.391. The topological polar surface area (TPSA) is 55.6 Å². The highest BCUT2D eigenvalue weighted by Crippen LogP contribution is 1.87. The van der Waals surface area contributed by atoms with Crippen LogP contribution in [0.5, 0.6) is 0 Å². The molecule has 1 N–H and O–H groups in total. The lowest BCUT2D eigenvalue weighted by atomic mass is 10.5. The van der Waals surface area contributed by atoms with Crippen molar-refractivity contribution >= 4 is 12.1 Å². The van der Waals surface area contributed by atoms with Crippen molar-refractivity contribution < 1.29 is 4.79 Å². The predicted molar refractivity (Wildman–Crippen MR) is 37.4 cm³/mol. The van der Waals surface area contributed by atoms with Gasteiger partial charge in [0.25, 0.3) is 0 Å². The van der Waals surface area contributed by atoms with Crippen molar-refractivity contribution in [2.45, 2.75) is 13.2 Å². The van der Waals surface area contributed by atoms with Crippen LogP contribution in [0.25, 0.3) is 0 Å². The summed E-state index contributed by atoms with van der Waals surface area (Å²) >= 11 is 0. The highest BCUT2D eigenvalue weighted by atomic mass is 16.1. The van der Waals surface area contributed by atoms with Crippen molar-refractivity contribution in [3.63, 3.8) is 0 Å². The SMILES string of the molecule is CC(=O)NC1[N]C=CC=N1. The molecule has 0 aromatic carbocycles. The Morgan fingerprint density at radius 3 is 3.00 bits per heavy atom. The zero-order chi connectivity index (χ0) is 7.40. The first kappa shape index (κ1) is 6.80. The van der Waals surface area contributed by atoms with Crippen LogP contribution >= 0.6 is 0 Å². The number of nitrogens with zero attached hydrogens (tertiary/aromatic N) is 2. The van der Waals surface area contributed by atoms with Gasteiger partial charge in [-0.2, -0.15) is 0 Å². The van der Waals surface area contributed by atoms with Gasteiger partial charge in [0, 0.05) is 19.3 Å². The average molecular weight is 138 g/mol. The molecule has 1 atom stereocenters. The molecule has 0 fully saturated rings. The molecule has 0 saturated heterocycles. The molecule has 53 valence electrons. The Labute approximate surface area is 59.0 Å². The van der Waals surface area contributed by atoms with Gasteiger partial charge in [0.1, 0.15) is 0 Å². The van der Waals surface area contributed by atoms with Crippen LogP contribution in [-0.4, -0.2) is 18.4 Å². The number of rotatable bonds is 1. The molecule has 1 heterocycles. The molecule has 1 amide bonds. The van der Waals surface area contributed by atoms with Crippen LogP contribution in [0, 0.1) is 0 Å². The number of aliphatic imine (C=N–C) groups is 1. The number of amides is 1. The Kier molecular flexibility index (Phi) is 2.04. The van der Waals surface area contributed by atoms with E-state index in [1.807, 2.05) is 0 Å². The summed E-state index contributed by atoms with van der Waals surface area (Å²) in [5.41, 5.74) is 0. The Hall–Kier alpha value is -1.32. The van der Waals surface area contributed by atoms with Crippen LogP contribution in [-0.2, 0) is 4.79 Å². The Balaban J connectivity index is 2.37. The summed E-state index contributed by atoms with van der Waals surface area (Å²) in [6, 6.07) is 0. The van der Waals surface area contributed by atoms with Gasteiger partial charge in [-0.3, -0.25) is 4.79 Å². The third kappa shape index (κ3) is 1.89. The lowest BCUT2D eigenvalue weighted by molar-refractivity contribution is -0.119. The summed E-state index contributed by atoms with van der Waals surface area (Å²) in [5.74, 6) is -0.124. The molecule has 0 saturated carbocycles. The summed E-state index contributed by atoms with van der Waals surface area (Å²) in [5, 5.41) is 6.39. The molecule has 1 unspecified atom stereocenters. The Morgan fingerprint density at radius 2 is 2.50 bits per heavy atom. The number of carbonyl (C=O) groups excluding carboxylic acids is 1.